The van der Waals surface area contributed by atoms with Gasteiger partial charge in [0, 0.05) is 5.56 Å². The third-order valence-electron chi connectivity index (χ3n) is 3.45. The van der Waals surface area contributed by atoms with Crippen LogP contribution in [-0.2, 0) is 0 Å². The van der Waals surface area contributed by atoms with Gasteiger partial charge in [0.25, 0.3) is 0 Å². The molecule has 1 heteroatoms. The van der Waals surface area contributed by atoms with E-state index in [4.69, 9.17) is 0 Å². The maximum Gasteiger partial charge on any atom is 0.123 e. The van der Waals surface area contributed by atoms with Gasteiger partial charge in [0.2, 0.25) is 0 Å². The Labute approximate surface area is 135 Å². The van der Waals surface area contributed by atoms with Gasteiger partial charge in [-0.1, -0.05) is 72.5 Å². The van der Waals surface area contributed by atoms with E-state index in [1.807, 2.05) is 66.7 Å². The van der Waals surface area contributed by atoms with Crippen LogP contribution in [-0.4, -0.2) is 0 Å². The molecule has 0 saturated heterocycles. The van der Waals surface area contributed by atoms with Crippen LogP contribution in [0.25, 0.3) is 5.57 Å². The van der Waals surface area contributed by atoms with Crippen LogP contribution in [0, 0.1) is 17.7 Å². The molecule has 0 fully saturated rings. The van der Waals surface area contributed by atoms with E-state index < -0.39 is 0 Å². The monoisotopic (exact) mass is 298 g/mol. The molecule has 23 heavy (non-hydrogen) atoms. The van der Waals surface area contributed by atoms with Crippen molar-refractivity contribution in [1.29, 1.82) is 0 Å². The van der Waals surface area contributed by atoms with Crippen molar-refractivity contribution >= 4 is 5.57 Å². The Morgan fingerprint density at radius 1 is 0.696 bits per heavy atom. The number of allylic oxidation sites excluding steroid dienone is 1. The van der Waals surface area contributed by atoms with Crippen molar-refractivity contribution in [1.82, 2.24) is 0 Å². The topological polar surface area (TPSA) is 0 Å². The largest absolute Gasteiger partial charge is 0.207 e. The molecule has 0 spiro atoms. The fraction of sp³-hybridized carbons (Fsp3) is 0. The molecule has 0 aromatic heterocycles. The zero-order chi connectivity index (χ0) is 15.9. The van der Waals surface area contributed by atoms with E-state index in [1.165, 1.54) is 12.1 Å². The van der Waals surface area contributed by atoms with Gasteiger partial charge >= 0.3 is 0 Å². The van der Waals surface area contributed by atoms with E-state index in [1.54, 1.807) is 12.1 Å². The third kappa shape index (κ3) is 3.96. The molecule has 0 unspecified atom stereocenters. The van der Waals surface area contributed by atoms with E-state index in [-0.39, 0.29) is 5.82 Å². The molecular formula is C22H15F. The van der Waals surface area contributed by atoms with Crippen molar-refractivity contribution in [2.45, 2.75) is 0 Å². The van der Waals surface area contributed by atoms with Gasteiger partial charge in [-0.3, -0.25) is 0 Å². The summed E-state index contributed by atoms with van der Waals surface area (Å²) in [6.45, 7) is 0. The van der Waals surface area contributed by atoms with Crippen LogP contribution >= 0.6 is 0 Å². The van der Waals surface area contributed by atoms with Gasteiger partial charge in [-0.25, -0.2) is 4.39 Å². The summed E-state index contributed by atoms with van der Waals surface area (Å²) in [6, 6.07) is 26.3. The highest BCUT2D eigenvalue weighted by atomic mass is 19.1. The van der Waals surface area contributed by atoms with Gasteiger partial charge in [-0.15, -0.1) is 0 Å². The molecule has 0 saturated carbocycles. The van der Waals surface area contributed by atoms with E-state index in [2.05, 4.69) is 11.8 Å². The molecule has 0 N–H and O–H groups in total. The highest BCUT2D eigenvalue weighted by Gasteiger charge is 2.04. The Morgan fingerprint density at radius 3 is 1.91 bits per heavy atom. The van der Waals surface area contributed by atoms with Crippen molar-refractivity contribution in [2.75, 3.05) is 0 Å². The van der Waals surface area contributed by atoms with Gasteiger partial charge in [-0.05, 0) is 47.0 Å². The van der Waals surface area contributed by atoms with Gasteiger partial charge in [0.05, 0.1) is 0 Å². The number of rotatable bonds is 2. The maximum atomic E-state index is 13.2. The van der Waals surface area contributed by atoms with Crippen molar-refractivity contribution in [3.63, 3.8) is 0 Å². The molecule has 0 heterocycles. The van der Waals surface area contributed by atoms with Gasteiger partial charge < -0.3 is 0 Å². The molecule has 0 atom stereocenters. The van der Waals surface area contributed by atoms with Gasteiger partial charge in [0.15, 0.2) is 0 Å². The second-order valence-corrected chi connectivity index (χ2v) is 5.07. The van der Waals surface area contributed by atoms with Crippen molar-refractivity contribution in [3.8, 4) is 11.8 Å². The van der Waals surface area contributed by atoms with Crippen LogP contribution in [0.1, 0.15) is 16.7 Å². The molecule has 0 aliphatic rings. The average molecular weight is 298 g/mol. The van der Waals surface area contributed by atoms with Crippen LogP contribution in [0.2, 0.25) is 0 Å². The average Bonchev–Trinajstić information content (AvgIpc) is 2.61. The first-order valence-electron chi connectivity index (χ1n) is 7.41. The van der Waals surface area contributed by atoms with Crippen molar-refractivity contribution in [2.24, 2.45) is 0 Å². The summed E-state index contributed by atoms with van der Waals surface area (Å²) in [5.74, 6) is 5.99. The minimum absolute atomic E-state index is 0.239. The molecule has 3 aromatic rings. The molecule has 0 nitrogen and oxygen atoms in total. The molecule has 0 aliphatic heterocycles. The van der Waals surface area contributed by atoms with Crippen LogP contribution in [0.5, 0.6) is 0 Å². The second kappa shape index (κ2) is 7.24. The smallest absolute Gasteiger partial charge is 0.123 e. The molecule has 3 aromatic carbocycles. The lowest BCUT2D eigenvalue weighted by Crippen LogP contribution is -1.88. The summed E-state index contributed by atoms with van der Waals surface area (Å²) < 4.78 is 13.2. The van der Waals surface area contributed by atoms with Crippen LogP contribution in [0.15, 0.2) is 91.0 Å². The summed E-state index contributed by atoms with van der Waals surface area (Å²) >= 11 is 0. The molecule has 0 aliphatic carbocycles. The molecule has 110 valence electrons. The van der Waals surface area contributed by atoms with E-state index in [0.717, 1.165) is 22.3 Å². The lowest BCUT2D eigenvalue weighted by Gasteiger charge is -2.07. The summed E-state index contributed by atoms with van der Waals surface area (Å²) in [7, 11) is 0. The van der Waals surface area contributed by atoms with Crippen molar-refractivity contribution < 1.29 is 4.39 Å². The Balaban J connectivity index is 2.00. The molecular weight excluding hydrogens is 283 g/mol. The van der Waals surface area contributed by atoms with E-state index in [9.17, 15) is 4.39 Å². The lowest BCUT2D eigenvalue weighted by atomic mass is 9.97. The van der Waals surface area contributed by atoms with Crippen LogP contribution in [0.4, 0.5) is 4.39 Å². The highest BCUT2D eigenvalue weighted by Crippen LogP contribution is 2.23. The Hall–Kier alpha value is -3.11. The van der Waals surface area contributed by atoms with Crippen LogP contribution in [0.3, 0.4) is 0 Å². The van der Waals surface area contributed by atoms with E-state index >= 15 is 0 Å². The Bertz CT molecular complexity index is 849. The fourth-order valence-electron chi connectivity index (χ4n) is 2.29. The SMILES string of the molecule is Fc1ccc(/C(=C/C#Cc2ccccc2)c2ccccc2)cc1. The normalized spacial score (nSPS) is 10.7. The molecule has 0 bridgehead atoms. The minimum Gasteiger partial charge on any atom is -0.207 e. The second-order valence-electron chi connectivity index (χ2n) is 5.07. The molecule has 0 amide bonds. The standard InChI is InChI=1S/C22H15F/c23-21-16-14-20(15-17-21)22(19-11-5-2-6-12-19)13-7-10-18-8-3-1-4-9-18/h1-6,8-9,11-17H/b22-13+. The third-order valence-corrected chi connectivity index (χ3v) is 3.45. The first-order valence-corrected chi connectivity index (χ1v) is 7.41. The van der Waals surface area contributed by atoms with Gasteiger partial charge in [0.1, 0.15) is 5.82 Å². The number of benzene rings is 3. The van der Waals surface area contributed by atoms with E-state index in [0.29, 0.717) is 0 Å². The zero-order valence-corrected chi connectivity index (χ0v) is 12.5. The predicted molar refractivity (Wildman–Crippen MR) is 93.2 cm³/mol. The fourth-order valence-corrected chi connectivity index (χ4v) is 2.29. The maximum absolute atomic E-state index is 13.2. The molecule has 0 radical (unpaired) electrons. The number of hydrogen-bond acceptors (Lipinski definition) is 0. The van der Waals surface area contributed by atoms with Gasteiger partial charge in [-0.2, -0.15) is 0 Å². The minimum atomic E-state index is -0.239. The summed E-state index contributed by atoms with van der Waals surface area (Å²) in [5.41, 5.74) is 3.95. The predicted octanol–water partition coefficient (Wildman–Crippen LogP) is 5.31. The number of halogens is 1. The van der Waals surface area contributed by atoms with Crippen LogP contribution < -0.4 is 0 Å². The number of hydrogen-bond donors (Lipinski definition) is 0. The van der Waals surface area contributed by atoms with Crippen molar-refractivity contribution in [3.05, 3.63) is 114 Å². The Kier molecular flexibility index (Phi) is 4.66. The first kappa shape index (κ1) is 14.8. The zero-order valence-electron chi connectivity index (χ0n) is 12.5. The lowest BCUT2D eigenvalue weighted by molar-refractivity contribution is 0.627. The molecule has 3 rings (SSSR count). The first-order chi connectivity index (χ1) is 11.3. The summed E-state index contributed by atoms with van der Waals surface area (Å²) in [5, 5.41) is 0. The summed E-state index contributed by atoms with van der Waals surface area (Å²) in [6.07, 6.45) is 1.88. The highest BCUT2D eigenvalue weighted by molar-refractivity contribution is 5.81. The summed E-state index contributed by atoms with van der Waals surface area (Å²) in [4.78, 5) is 0. The quantitative estimate of drug-likeness (QED) is 0.562. The Morgan fingerprint density at radius 2 is 1.26 bits per heavy atom.